The average Bonchev–Trinajstić information content (AvgIpc) is 2.74. The molecule has 0 spiro atoms. The highest BCUT2D eigenvalue weighted by molar-refractivity contribution is 5.71. The van der Waals surface area contributed by atoms with Gasteiger partial charge < -0.3 is 9.47 Å². The Hall–Kier alpha value is -1.10. The first-order valence-corrected chi connectivity index (χ1v) is 6.13. The van der Waals surface area contributed by atoms with Gasteiger partial charge in [-0.2, -0.15) is 0 Å². The number of carbonyl (C=O) groups excluding carboxylic acids is 2. The highest BCUT2D eigenvalue weighted by Gasteiger charge is 2.26. The minimum absolute atomic E-state index is 0.155. The first-order valence-electron chi connectivity index (χ1n) is 6.13. The molecule has 5 nitrogen and oxygen atoms in total. The fraction of sp³-hybridized carbons (Fsp3) is 0.833. The number of hydrogen-bond acceptors (Lipinski definition) is 5. The standard InChI is InChI=1S/C12H21NO4/c1-3-17-11(14)7-6-10-5-4-8-13(10)9-12(15)16-2/h10H,3-9H2,1-2H3. The summed E-state index contributed by atoms with van der Waals surface area (Å²) in [6.07, 6.45) is 3.30. The van der Waals surface area contributed by atoms with Crippen LogP contribution in [0.3, 0.4) is 0 Å². The monoisotopic (exact) mass is 243 g/mol. The summed E-state index contributed by atoms with van der Waals surface area (Å²) in [5.41, 5.74) is 0. The number of esters is 2. The summed E-state index contributed by atoms with van der Waals surface area (Å²) in [5.74, 6) is -0.370. The Morgan fingerprint density at radius 3 is 2.76 bits per heavy atom. The van der Waals surface area contributed by atoms with Crippen molar-refractivity contribution in [2.24, 2.45) is 0 Å². The van der Waals surface area contributed by atoms with Gasteiger partial charge in [0.25, 0.3) is 0 Å². The Labute approximate surface area is 102 Å². The van der Waals surface area contributed by atoms with Gasteiger partial charge in [-0.15, -0.1) is 0 Å². The lowest BCUT2D eigenvalue weighted by atomic mass is 10.1. The quantitative estimate of drug-likeness (QED) is 0.651. The van der Waals surface area contributed by atoms with Crippen LogP contribution in [0.4, 0.5) is 0 Å². The van der Waals surface area contributed by atoms with Crippen molar-refractivity contribution in [3.63, 3.8) is 0 Å². The highest BCUT2D eigenvalue weighted by Crippen LogP contribution is 2.21. The third-order valence-corrected chi connectivity index (χ3v) is 3.05. The number of likely N-dealkylation sites (tertiary alicyclic amines) is 1. The summed E-state index contributed by atoms with van der Waals surface area (Å²) in [5, 5.41) is 0. The van der Waals surface area contributed by atoms with E-state index in [1.807, 2.05) is 0 Å². The van der Waals surface area contributed by atoms with E-state index < -0.39 is 0 Å². The molecular weight excluding hydrogens is 222 g/mol. The number of carbonyl (C=O) groups is 2. The molecule has 1 unspecified atom stereocenters. The van der Waals surface area contributed by atoms with Gasteiger partial charge in [-0.3, -0.25) is 14.5 Å². The van der Waals surface area contributed by atoms with Gasteiger partial charge in [-0.1, -0.05) is 0 Å². The van der Waals surface area contributed by atoms with Crippen molar-refractivity contribution >= 4 is 11.9 Å². The maximum Gasteiger partial charge on any atom is 0.319 e. The molecule has 0 radical (unpaired) electrons. The van der Waals surface area contributed by atoms with Crippen LogP contribution < -0.4 is 0 Å². The summed E-state index contributed by atoms with van der Waals surface area (Å²) >= 11 is 0. The molecule has 0 aromatic carbocycles. The van der Waals surface area contributed by atoms with Gasteiger partial charge in [0.05, 0.1) is 20.3 Å². The Bertz CT molecular complexity index is 267. The van der Waals surface area contributed by atoms with Crippen molar-refractivity contribution in [2.75, 3.05) is 26.8 Å². The van der Waals surface area contributed by atoms with Crippen LogP contribution in [-0.4, -0.2) is 49.7 Å². The molecule has 0 aromatic rings. The van der Waals surface area contributed by atoms with E-state index in [0.29, 0.717) is 25.6 Å². The second kappa shape index (κ2) is 7.27. The maximum atomic E-state index is 11.3. The molecule has 98 valence electrons. The molecule has 1 atom stereocenters. The predicted molar refractivity (Wildman–Crippen MR) is 62.5 cm³/mol. The van der Waals surface area contributed by atoms with E-state index in [4.69, 9.17) is 4.74 Å². The third-order valence-electron chi connectivity index (χ3n) is 3.05. The second-order valence-corrected chi connectivity index (χ2v) is 4.19. The van der Waals surface area contributed by atoms with Gasteiger partial charge in [0, 0.05) is 12.5 Å². The van der Waals surface area contributed by atoms with Crippen molar-refractivity contribution in [1.29, 1.82) is 0 Å². The summed E-state index contributed by atoms with van der Waals surface area (Å²) in [6, 6.07) is 0.304. The van der Waals surface area contributed by atoms with Crippen molar-refractivity contribution in [3.8, 4) is 0 Å². The van der Waals surface area contributed by atoms with Gasteiger partial charge in [-0.25, -0.2) is 0 Å². The van der Waals surface area contributed by atoms with Crippen molar-refractivity contribution in [1.82, 2.24) is 4.90 Å². The van der Waals surface area contributed by atoms with Crippen LogP contribution in [0, 0.1) is 0 Å². The second-order valence-electron chi connectivity index (χ2n) is 4.19. The fourth-order valence-corrected chi connectivity index (χ4v) is 2.18. The Kier molecular flexibility index (Phi) is 5.97. The lowest BCUT2D eigenvalue weighted by Crippen LogP contribution is -2.35. The number of ether oxygens (including phenoxy) is 2. The van der Waals surface area contributed by atoms with Gasteiger partial charge in [0.1, 0.15) is 0 Å². The average molecular weight is 243 g/mol. The topological polar surface area (TPSA) is 55.8 Å². The zero-order chi connectivity index (χ0) is 12.7. The third kappa shape index (κ3) is 4.73. The zero-order valence-electron chi connectivity index (χ0n) is 10.6. The van der Waals surface area contributed by atoms with Crippen LogP contribution >= 0.6 is 0 Å². The molecule has 1 heterocycles. The van der Waals surface area contributed by atoms with Gasteiger partial charge >= 0.3 is 11.9 Å². The Balaban J connectivity index is 2.31. The number of hydrogen-bond donors (Lipinski definition) is 0. The smallest absolute Gasteiger partial charge is 0.319 e. The van der Waals surface area contributed by atoms with Crippen LogP contribution in [0.5, 0.6) is 0 Å². The van der Waals surface area contributed by atoms with Crippen molar-refractivity contribution in [2.45, 2.75) is 38.6 Å². The fourth-order valence-electron chi connectivity index (χ4n) is 2.18. The molecule has 1 saturated heterocycles. The molecule has 1 aliphatic heterocycles. The van der Waals surface area contributed by atoms with Crippen LogP contribution in [0.15, 0.2) is 0 Å². The molecule has 0 saturated carbocycles. The SMILES string of the molecule is CCOC(=O)CCC1CCCN1CC(=O)OC. The lowest BCUT2D eigenvalue weighted by Gasteiger charge is -2.22. The highest BCUT2D eigenvalue weighted by atomic mass is 16.5. The maximum absolute atomic E-state index is 11.3. The number of rotatable bonds is 6. The molecule has 17 heavy (non-hydrogen) atoms. The summed E-state index contributed by atoms with van der Waals surface area (Å²) in [4.78, 5) is 24.5. The van der Waals surface area contributed by atoms with Gasteiger partial charge in [0.15, 0.2) is 0 Å². The molecule has 1 rings (SSSR count). The van der Waals surface area contributed by atoms with Crippen molar-refractivity contribution < 1.29 is 19.1 Å². The lowest BCUT2D eigenvalue weighted by molar-refractivity contribution is -0.143. The number of methoxy groups -OCH3 is 1. The van der Waals surface area contributed by atoms with Gasteiger partial charge in [0.2, 0.25) is 0 Å². The van der Waals surface area contributed by atoms with E-state index in [1.54, 1.807) is 6.92 Å². The van der Waals surface area contributed by atoms with Crippen LogP contribution in [0.2, 0.25) is 0 Å². The van der Waals surface area contributed by atoms with Gasteiger partial charge in [-0.05, 0) is 32.7 Å². The first-order chi connectivity index (χ1) is 8.17. The predicted octanol–water partition coefficient (Wildman–Crippen LogP) is 0.967. The molecule has 0 aromatic heterocycles. The largest absolute Gasteiger partial charge is 0.468 e. The van der Waals surface area contributed by atoms with E-state index in [-0.39, 0.29) is 11.9 Å². The molecule has 0 aliphatic carbocycles. The Morgan fingerprint density at radius 1 is 1.35 bits per heavy atom. The van der Waals surface area contributed by atoms with Crippen LogP contribution in [-0.2, 0) is 19.1 Å². The zero-order valence-corrected chi connectivity index (χ0v) is 10.6. The van der Waals surface area contributed by atoms with E-state index in [1.165, 1.54) is 7.11 Å². The van der Waals surface area contributed by atoms with Crippen molar-refractivity contribution in [3.05, 3.63) is 0 Å². The van der Waals surface area contributed by atoms with Crippen LogP contribution in [0.1, 0.15) is 32.6 Å². The number of nitrogens with zero attached hydrogens (tertiary/aromatic N) is 1. The first kappa shape index (κ1) is 14.0. The summed E-state index contributed by atoms with van der Waals surface area (Å²) < 4.78 is 9.54. The molecular formula is C12H21NO4. The minimum atomic E-state index is -0.215. The van der Waals surface area contributed by atoms with Crippen LogP contribution in [0.25, 0.3) is 0 Å². The Morgan fingerprint density at radius 2 is 2.12 bits per heavy atom. The molecule has 1 fully saturated rings. The van der Waals surface area contributed by atoms with E-state index in [2.05, 4.69) is 9.64 Å². The summed E-state index contributed by atoms with van der Waals surface area (Å²) in [7, 11) is 1.39. The van der Waals surface area contributed by atoms with E-state index in [9.17, 15) is 9.59 Å². The minimum Gasteiger partial charge on any atom is -0.468 e. The molecule has 0 bridgehead atoms. The molecule has 0 N–H and O–H groups in total. The molecule has 0 amide bonds. The van der Waals surface area contributed by atoms with E-state index in [0.717, 1.165) is 25.8 Å². The van der Waals surface area contributed by atoms with E-state index >= 15 is 0 Å². The summed E-state index contributed by atoms with van der Waals surface area (Å²) in [6.45, 7) is 3.46. The normalized spacial score (nSPS) is 20.2. The molecule has 1 aliphatic rings. The molecule has 5 heteroatoms.